The zero-order chi connectivity index (χ0) is 22.3. The van der Waals surface area contributed by atoms with Gasteiger partial charge in [-0.3, -0.25) is 4.79 Å². The smallest absolute Gasteiger partial charge is 0.247 e. The maximum absolute atomic E-state index is 14.5. The van der Waals surface area contributed by atoms with E-state index in [1.165, 1.54) is 6.07 Å². The Labute approximate surface area is 184 Å². The standard InChI is InChI=1S/C27H20FNO3/c28-24-7-3-1-5-18(24)17-29-25-8-4-2-6-23(25)27(26(29)32,19-9-13-21(30)14-10-19)20-11-15-22(31)16-12-20/h1-16,30-31H,17H2. The van der Waals surface area contributed by atoms with Gasteiger partial charge in [0.2, 0.25) is 5.91 Å². The lowest BCUT2D eigenvalue weighted by atomic mass is 9.70. The van der Waals surface area contributed by atoms with Gasteiger partial charge in [0.05, 0.1) is 6.54 Å². The van der Waals surface area contributed by atoms with Crippen molar-refractivity contribution in [2.45, 2.75) is 12.0 Å². The van der Waals surface area contributed by atoms with Gasteiger partial charge in [0, 0.05) is 16.8 Å². The van der Waals surface area contributed by atoms with Gasteiger partial charge in [0.15, 0.2) is 0 Å². The molecular formula is C27H20FNO3. The first-order chi connectivity index (χ1) is 15.5. The number of rotatable bonds is 4. The van der Waals surface area contributed by atoms with Gasteiger partial charge in [-0.05, 0) is 47.5 Å². The lowest BCUT2D eigenvalue weighted by Crippen LogP contribution is -2.42. The van der Waals surface area contributed by atoms with Crippen molar-refractivity contribution in [3.05, 3.63) is 125 Å². The third-order valence-electron chi connectivity index (χ3n) is 6.05. The first kappa shape index (κ1) is 19.8. The Morgan fingerprint density at radius 3 is 1.84 bits per heavy atom. The third kappa shape index (κ3) is 2.94. The van der Waals surface area contributed by atoms with Crippen LogP contribution in [0.3, 0.4) is 0 Å². The average molecular weight is 425 g/mol. The molecule has 5 rings (SSSR count). The summed E-state index contributed by atoms with van der Waals surface area (Å²) in [6, 6.07) is 27.0. The van der Waals surface area contributed by atoms with Crippen molar-refractivity contribution in [1.29, 1.82) is 0 Å². The van der Waals surface area contributed by atoms with Crippen molar-refractivity contribution in [2.75, 3.05) is 4.90 Å². The molecule has 0 atom stereocenters. The molecule has 0 aromatic heterocycles. The molecular weight excluding hydrogens is 405 g/mol. The summed E-state index contributed by atoms with van der Waals surface area (Å²) in [6.45, 7) is 0.0838. The van der Waals surface area contributed by atoms with Crippen molar-refractivity contribution in [2.24, 2.45) is 0 Å². The monoisotopic (exact) mass is 425 g/mol. The number of halogens is 1. The Balaban J connectivity index is 1.76. The summed E-state index contributed by atoms with van der Waals surface area (Å²) in [5, 5.41) is 19.7. The van der Waals surface area contributed by atoms with E-state index in [9.17, 15) is 19.4 Å². The predicted octanol–water partition coefficient (Wildman–Crippen LogP) is 5.12. The Bertz CT molecular complexity index is 1250. The van der Waals surface area contributed by atoms with Crippen LogP contribution in [0, 0.1) is 5.82 Å². The molecule has 0 saturated carbocycles. The minimum Gasteiger partial charge on any atom is -0.508 e. The highest BCUT2D eigenvalue weighted by Crippen LogP contribution is 2.51. The second kappa shape index (κ2) is 7.54. The molecule has 4 nitrogen and oxygen atoms in total. The van der Waals surface area contributed by atoms with E-state index in [1.807, 2.05) is 24.3 Å². The summed E-state index contributed by atoms with van der Waals surface area (Å²) in [4.78, 5) is 15.9. The number of phenols is 2. The van der Waals surface area contributed by atoms with E-state index in [2.05, 4.69) is 0 Å². The minimum absolute atomic E-state index is 0.0838. The highest BCUT2D eigenvalue weighted by atomic mass is 19.1. The van der Waals surface area contributed by atoms with E-state index >= 15 is 0 Å². The fraction of sp³-hybridized carbons (Fsp3) is 0.0741. The Morgan fingerprint density at radius 1 is 0.719 bits per heavy atom. The molecule has 0 radical (unpaired) electrons. The van der Waals surface area contributed by atoms with Crippen molar-refractivity contribution < 1.29 is 19.4 Å². The highest BCUT2D eigenvalue weighted by Gasteiger charge is 2.53. The zero-order valence-corrected chi connectivity index (χ0v) is 17.1. The van der Waals surface area contributed by atoms with Crippen LogP contribution < -0.4 is 4.90 Å². The van der Waals surface area contributed by atoms with Gasteiger partial charge in [0.25, 0.3) is 0 Å². The summed E-state index contributed by atoms with van der Waals surface area (Å²) < 4.78 is 14.5. The molecule has 0 bridgehead atoms. The molecule has 158 valence electrons. The summed E-state index contributed by atoms with van der Waals surface area (Å²) in [7, 11) is 0. The number of nitrogens with zero attached hydrogens (tertiary/aromatic N) is 1. The number of carbonyl (C=O) groups excluding carboxylic acids is 1. The number of carbonyl (C=O) groups is 1. The number of anilines is 1. The maximum atomic E-state index is 14.5. The molecule has 1 aliphatic heterocycles. The van der Waals surface area contributed by atoms with Crippen LogP contribution in [0.2, 0.25) is 0 Å². The van der Waals surface area contributed by atoms with Crippen LogP contribution in [0.25, 0.3) is 0 Å². The van der Waals surface area contributed by atoms with Crippen LogP contribution in [0.5, 0.6) is 11.5 Å². The highest BCUT2D eigenvalue weighted by molar-refractivity contribution is 6.12. The number of aromatic hydroxyl groups is 2. The number of para-hydroxylation sites is 1. The third-order valence-corrected chi connectivity index (χ3v) is 6.05. The van der Waals surface area contributed by atoms with Gasteiger partial charge in [-0.15, -0.1) is 0 Å². The number of benzene rings is 4. The van der Waals surface area contributed by atoms with E-state index < -0.39 is 5.41 Å². The Kier molecular flexibility index (Phi) is 4.67. The van der Waals surface area contributed by atoms with Crippen LogP contribution >= 0.6 is 0 Å². The van der Waals surface area contributed by atoms with Crippen LogP contribution in [-0.4, -0.2) is 16.1 Å². The quantitative estimate of drug-likeness (QED) is 0.477. The molecule has 0 aliphatic carbocycles. The van der Waals surface area contributed by atoms with Gasteiger partial charge >= 0.3 is 0 Å². The first-order valence-electron chi connectivity index (χ1n) is 10.3. The summed E-state index contributed by atoms with van der Waals surface area (Å²) >= 11 is 0. The van der Waals surface area contributed by atoms with E-state index in [0.717, 1.165) is 5.56 Å². The molecule has 0 saturated heterocycles. The molecule has 1 heterocycles. The number of hydrogen-bond donors (Lipinski definition) is 2. The SMILES string of the molecule is O=C1N(Cc2ccccc2F)c2ccccc2C1(c1ccc(O)cc1)c1ccc(O)cc1. The zero-order valence-electron chi connectivity index (χ0n) is 17.1. The second-order valence-corrected chi connectivity index (χ2v) is 7.84. The number of fused-ring (bicyclic) bond motifs is 1. The number of amides is 1. The average Bonchev–Trinajstić information content (AvgIpc) is 3.05. The Hall–Kier alpha value is -4.12. The van der Waals surface area contributed by atoms with E-state index in [4.69, 9.17) is 0 Å². The molecule has 4 aromatic carbocycles. The van der Waals surface area contributed by atoms with Gasteiger partial charge in [-0.25, -0.2) is 4.39 Å². The fourth-order valence-corrected chi connectivity index (χ4v) is 4.55. The second-order valence-electron chi connectivity index (χ2n) is 7.84. The Morgan fingerprint density at radius 2 is 1.25 bits per heavy atom. The van der Waals surface area contributed by atoms with E-state index in [1.54, 1.807) is 71.6 Å². The first-order valence-corrected chi connectivity index (χ1v) is 10.3. The van der Waals surface area contributed by atoms with Gasteiger partial charge in [0.1, 0.15) is 22.7 Å². The van der Waals surface area contributed by atoms with Crippen molar-refractivity contribution >= 4 is 11.6 Å². The molecule has 0 spiro atoms. The lowest BCUT2D eigenvalue weighted by Gasteiger charge is -2.30. The summed E-state index contributed by atoms with van der Waals surface area (Å²) in [6.07, 6.45) is 0. The van der Waals surface area contributed by atoms with Gasteiger partial charge < -0.3 is 15.1 Å². The fourth-order valence-electron chi connectivity index (χ4n) is 4.55. The molecule has 1 aliphatic rings. The maximum Gasteiger partial charge on any atom is 0.247 e. The van der Waals surface area contributed by atoms with Crippen molar-refractivity contribution in [1.82, 2.24) is 0 Å². The molecule has 5 heteroatoms. The molecule has 32 heavy (non-hydrogen) atoms. The van der Waals surface area contributed by atoms with E-state index in [0.29, 0.717) is 22.4 Å². The van der Waals surface area contributed by atoms with E-state index in [-0.39, 0.29) is 29.8 Å². The normalized spacial score (nSPS) is 14.4. The van der Waals surface area contributed by atoms with Crippen LogP contribution in [-0.2, 0) is 16.8 Å². The molecule has 0 unspecified atom stereocenters. The van der Waals surface area contributed by atoms with Crippen molar-refractivity contribution in [3.63, 3.8) is 0 Å². The molecule has 4 aromatic rings. The minimum atomic E-state index is -1.21. The molecule has 0 fully saturated rings. The number of phenolic OH excluding ortho intramolecular Hbond substituents is 2. The largest absolute Gasteiger partial charge is 0.508 e. The summed E-state index contributed by atoms with van der Waals surface area (Å²) in [5.74, 6) is -0.406. The lowest BCUT2D eigenvalue weighted by molar-refractivity contribution is -0.120. The van der Waals surface area contributed by atoms with Crippen LogP contribution in [0.15, 0.2) is 97.1 Å². The van der Waals surface area contributed by atoms with Gasteiger partial charge in [-0.1, -0.05) is 60.7 Å². The molecule has 1 amide bonds. The predicted molar refractivity (Wildman–Crippen MR) is 120 cm³/mol. The molecule has 2 N–H and O–H groups in total. The summed E-state index contributed by atoms with van der Waals surface area (Å²) in [5.41, 5.74) is 2.02. The topological polar surface area (TPSA) is 60.8 Å². The van der Waals surface area contributed by atoms with Gasteiger partial charge in [-0.2, -0.15) is 0 Å². The van der Waals surface area contributed by atoms with Crippen molar-refractivity contribution in [3.8, 4) is 11.5 Å². The number of hydrogen-bond acceptors (Lipinski definition) is 3. The van der Waals surface area contributed by atoms with Crippen LogP contribution in [0.4, 0.5) is 10.1 Å². The van der Waals surface area contributed by atoms with Crippen LogP contribution in [0.1, 0.15) is 22.3 Å².